The number of aromatic nitrogens is 2. The largest absolute Gasteiger partial charge is 0.270 e. The number of imidazole rings is 1. The third-order valence-electron chi connectivity index (χ3n) is 4.32. The quantitative estimate of drug-likeness (QED) is 0.761. The zero-order valence-electron chi connectivity index (χ0n) is 15.0. The fourth-order valence-electron chi connectivity index (χ4n) is 2.64. The van der Waals surface area contributed by atoms with E-state index in [1.54, 1.807) is 19.9 Å². The van der Waals surface area contributed by atoms with Gasteiger partial charge in [0, 0.05) is 19.7 Å². The Hall–Kier alpha value is -2.71. The standard InChI is InChI=1S/C18H20N4O3S/c1-12-9-14(10-17(13(12)2)26(24,25)21(3)4)18(23)20-22-11-19-15-7-5-6-8-16(15)22/h5-11H,1-4H3,(H,20,23). The third-order valence-corrected chi connectivity index (χ3v) is 6.26. The van der Waals surface area contributed by atoms with E-state index < -0.39 is 15.9 Å². The summed E-state index contributed by atoms with van der Waals surface area (Å²) in [4.78, 5) is 17.1. The van der Waals surface area contributed by atoms with Crippen LogP contribution in [0.25, 0.3) is 11.0 Å². The SMILES string of the molecule is Cc1cc(C(=O)Nn2cnc3ccccc32)cc(S(=O)(=O)N(C)C)c1C. The zero-order chi connectivity index (χ0) is 19.1. The molecule has 0 aliphatic rings. The van der Waals surface area contributed by atoms with Gasteiger partial charge < -0.3 is 0 Å². The molecular weight excluding hydrogens is 352 g/mol. The molecule has 8 heteroatoms. The first-order chi connectivity index (χ1) is 12.2. The summed E-state index contributed by atoms with van der Waals surface area (Å²) in [6, 6.07) is 10.5. The molecule has 0 unspecified atom stereocenters. The van der Waals surface area contributed by atoms with Crippen molar-refractivity contribution in [3.8, 4) is 0 Å². The number of nitrogens with one attached hydrogen (secondary N) is 1. The third kappa shape index (κ3) is 3.09. The Labute approximate surface area is 152 Å². The Morgan fingerprint density at radius 1 is 1.15 bits per heavy atom. The molecule has 0 saturated carbocycles. The first kappa shape index (κ1) is 18.1. The lowest BCUT2D eigenvalue weighted by molar-refractivity contribution is 0.101. The Kier molecular flexibility index (Phi) is 4.55. The molecule has 26 heavy (non-hydrogen) atoms. The number of carbonyl (C=O) groups excluding carboxylic acids is 1. The van der Waals surface area contributed by atoms with Crippen LogP contribution in [0.15, 0.2) is 47.6 Å². The molecule has 136 valence electrons. The van der Waals surface area contributed by atoms with Crippen molar-refractivity contribution in [1.29, 1.82) is 0 Å². The fourth-order valence-corrected chi connectivity index (χ4v) is 3.86. The van der Waals surface area contributed by atoms with Crippen molar-refractivity contribution in [2.24, 2.45) is 0 Å². The minimum absolute atomic E-state index is 0.128. The number of para-hydroxylation sites is 2. The van der Waals surface area contributed by atoms with Crippen LogP contribution in [-0.2, 0) is 10.0 Å². The van der Waals surface area contributed by atoms with E-state index in [1.807, 2.05) is 24.3 Å². The maximum Gasteiger partial charge on any atom is 0.270 e. The summed E-state index contributed by atoms with van der Waals surface area (Å²) >= 11 is 0. The second-order valence-electron chi connectivity index (χ2n) is 6.25. The van der Waals surface area contributed by atoms with Gasteiger partial charge in [0.1, 0.15) is 6.33 Å². The van der Waals surface area contributed by atoms with Gasteiger partial charge in [0.2, 0.25) is 10.0 Å². The number of amides is 1. The molecule has 0 radical (unpaired) electrons. The number of nitrogens with zero attached hydrogens (tertiary/aromatic N) is 3. The highest BCUT2D eigenvalue weighted by Crippen LogP contribution is 2.23. The van der Waals surface area contributed by atoms with E-state index in [2.05, 4.69) is 10.4 Å². The molecule has 1 amide bonds. The van der Waals surface area contributed by atoms with Gasteiger partial charge in [0.05, 0.1) is 15.9 Å². The molecule has 0 aliphatic heterocycles. The molecule has 7 nitrogen and oxygen atoms in total. The molecule has 2 aromatic carbocycles. The number of hydrogen-bond acceptors (Lipinski definition) is 4. The van der Waals surface area contributed by atoms with Gasteiger partial charge in [-0.15, -0.1) is 0 Å². The predicted octanol–water partition coefficient (Wildman–Crippen LogP) is 2.29. The Morgan fingerprint density at radius 3 is 2.54 bits per heavy atom. The number of fused-ring (bicyclic) bond motifs is 1. The van der Waals surface area contributed by atoms with E-state index in [1.165, 1.54) is 31.2 Å². The van der Waals surface area contributed by atoms with E-state index in [4.69, 9.17) is 0 Å². The number of benzene rings is 2. The van der Waals surface area contributed by atoms with Gasteiger partial charge in [-0.1, -0.05) is 12.1 Å². The van der Waals surface area contributed by atoms with Gasteiger partial charge in [-0.25, -0.2) is 22.4 Å². The average Bonchev–Trinajstić information content (AvgIpc) is 3.00. The van der Waals surface area contributed by atoms with Crippen LogP contribution in [0.3, 0.4) is 0 Å². The number of rotatable bonds is 4. The van der Waals surface area contributed by atoms with Gasteiger partial charge in [0.15, 0.2) is 0 Å². The van der Waals surface area contributed by atoms with Crippen LogP contribution in [0.4, 0.5) is 0 Å². The van der Waals surface area contributed by atoms with Crippen LogP contribution in [-0.4, -0.2) is 42.4 Å². The number of carbonyl (C=O) groups is 1. The zero-order valence-corrected chi connectivity index (χ0v) is 15.8. The lowest BCUT2D eigenvalue weighted by Gasteiger charge is -2.16. The van der Waals surface area contributed by atoms with Crippen molar-refractivity contribution >= 4 is 27.0 Å². The molecule has 0 atom stereocenters. The van der Waals surface area contributed by atoms with Crippen LogP contribution in [0.2, 0.25) is 0 Å². The van der Waals surface area contributed by atoms with Crippen molar-refractivity contribution < 1.29 is 13.2 Å². The van der Waals surface area contributed by atoms with Gasteiger partial charge in [-0.3, -0.25) is 10.2 Å². The Morgan fingerprint density at radius 2 is 1.85 bits per heavy atom. The van der Waals surface area contributed by atoms with Crippen LogP contribution in [0.5, 0.6) is 0 Å². The smallest absolute Gasteiger partial charge is 0.267 e. The lowest BCUT2D eigenvalue weighted by Crippen LogP contribution is -2.25. The highest BCUT2D eigenvalue weighted by atomic mass is 32.2. The van der Waals surface area contributed by atoms with Crippen molar-refractivity contribution in [2.45, 2.75) is 18.7 Å². The molecule has 1 N–H and O–H groups in total. The van der Waals surface area contributed by atoms with Crippen molar-refractivity contribution in [3.63, 3.8) is 0 Å². The number of sulfonamides is 1. The topological polar surface area (TPSA) is 84.3 Å². The normalized spacial score (nSPS) is 11.9. The molecule has 0 saturated heterocycles. The van der Waals surface area contributed by atoms with E-state index in [0.717, 1.165) is 20.9 Å². The first-order valence-corrected chi connectivity index (χ1v) is 9.43. The van der Waals surface area contributed by atoms with Crippen LogP contribution in [0.1, 0.15) is 21.5 Å². The van der Waals surface area contributed by atoms with Crippen molar-refractivity contribution in [1.82, 2.24) is 14.0 Å². The predicted molar refractivity (Wildman–Crippen MR) is 100 cm³/mol. The summed E-state index contributed by atoms with van der Waals surface area (Å²) < 4.78 is 27.8. The molecular formula is C18H20N4O3S. The van der Waals surface area contributed by atoms with Crippen LogP contribution < -0.4 is 5.43 Å². The molecule has 0 aliphatic carbocycles. The lowest BCUT2D eigenvalue weighted by atomic mass is 10.1. The van der Waals surface area contributed by atoms with Crippen LogP contribution >= 0.6 is 0 Å². The monoisotopic (exact) mass is 372 g/mol. The van der Waals surface area contributed by atoms with Crippen molar-refractivity contribution in [2.75, 3.05) is 19.5 Å². The van der Waals surface area contributed by atoms with E-state index in [-0.39, 0.29) is 10.5 Å². The van der Waals surface area contributed by atoms with Gasteiger partial charge in [0.25, 0.3) is 5.91 Å². The molecule has 3 rings (SSSR count). The van der Waals surface area contributed by atoms with E-state index in [0.29, 0.717) is 5.56 Å². The number of hydrogen-bond donors (Lipinski definition) is 1. The second-order valence-corrected chi connectivity index (χ2v) is 8.37. The maximum absolute atomic E-state index is 12.7. The van der Waals surface area contributed by atoms with Crippen LogP contribution in [0, 0.1) is 13.8 Å². The summed E-state index contributed by atoms with van der Waals surface area (Å²) in [5.74, 6) is -0.411. The Bertz CT molecular complexity index is 1100. The Balaban J connectivity index is 2.01. The highest BCUT2D eigenvalue weighted by Gasteiger charge is 2.23. The molecule has 1 heterocycles. The molecule has 0 fully saturated rings. The minimum atomic E-state index is -3.65. The fraction of sp³-hybridized carbons (Fsp3) is 0.222. The minimum Gasteiger partial charge on any atom is -0.267 e. The van der Waals surface area contributed by atoms with E-state index >= 15 is 0 Å². The van der Waals surface area contributed by atoms with Gasteiger partial charge >= 0.3 is 0 Å². The summed E-state index contributed by atoms with van der Waals surface area (Å²) in [5.41, 5.74) is 5.88. The number of aryl methyl sites for hydroxylation is 1. The summed E-state index contributed by atoms with van der Waals surface area (Å²) in [5, 5.41) is 0. The maximum atomic E-state index is 12.7. The van der Waals surface area contributed by atoms with Gasteiger partial charge in [-0.05, 0) is 49.2 Å². The summed E-state index contributed by atoms with van der Waals surface area (Å²) in [6.07, 6.45) is 1.51. The van der Waals surface area contributed by atoms with Crippen molar-refractivity contribution in [3.05, 3.63) is 59.4 Å². The first-order valence-electron chi connectivity index (χ1n) is 7.99. The molecule has 3 aromatic rings. The van der Waals surface area contributed by atoms with E-state index in [9.17, 15) is 13.2 Å². The molecule has 0 bridgehead atoms. The molecule has 1 aromatic heterocycles. The highest BCUT2D eigenvalue weighted by molar-refractivity contribution is 7.89. The summed E-state index contributed by atoms with van der Waals surface area (Å²) in [6.45, 7) is 3.52. The average molecular weight is 372 g/mol. The summed E-state index contributed by atoms with van der Waals surface area (Å²) in [7, 11) is -0.715. The molecule has 0 spiro atoms. The second kappa shape index (κ2) is 6.54. The van der Waals surface area contributed by atoms with Gasteiger partial charge in [-0.2, -0.15) is 0 Å².